The summed E-state index contributed by atoms with van der Waals surface area (Å²) in [6.07, 6.45) is 2.77. The lowest BCUT2D eigenvalue weighted by Crippen LogP contribution is -2.49. The number of ether oxygens (including phenoxy) is 1. The SMILES string of the molecule is CCC1COC(C)CN1c1cccnc1/C(N)=N/O. The standard InChI is InChI=1S/C13H20N4O2/c1-3-10-8-19-9(2)7-17(10)11-5-4-6-15-12(11)13(14)16-18/h4-6,9-10,18H,3,7-8H2,1-2H3,(H2,14,16). The molecule has 2 rings (SSSR count). The molecule has 0 amide bonds. The summed E-state index contributed by atoms with van der Waals surface area (Å²) in [5, 5.41) is 11.9. The molecule has 0 spiro atoms. The number of hydrogen-bond acceptors (Lipinski definition) is 5. The van der Waals surface area contributed by atoms with E-state index in [-0.39, 0.29) is 18.0 Å². The zero-order valence-electron chi connectivity index (χ0n) is 11.3. The van der Waals surface area contributed by atoms with Gasteiger partial charge in [0.15, 0.2) is 5.84 Å². The zero-order chi connectivity index (χ0) is 13.8. The van der Waals surface area contributed by atoms with Gasteiger partial charge in [-0.15, -0.1) is 0 Å². The maximum Gasteiger partial charge on any atom is 0.190 e. The first-order chi connectivity index (χ1) is 9.17. The molecule has 1 saturated heterocycles. The number of amidine groups is 1. The smallest absolute Gasteiger partial charge is 0.190 e. The summed E-state index contributed by atoms with van der Waals surface area (Å²) in [5.41, 5.74) is 7.10. The Morgan fingerprint density at radius 2 is 2.47 bits per heavy atom. The Labute approximate surface area is 112 Å². The highest BCUT2D eigenvalue weighted by molar-refractivity contribution is 6.00. The molecule has 6 heteroatoms. The Balaban J connectivity index is 2.38. The number of pyridine rings is 1. The molecule has 1 aromatic heterocycles. The van der Waals surface area contributed by atoms with E-state index < -0.39 is 0 Å². The van der Waals surface area contributed by atoms with Gasteiger partial charge in [0.05, 0.1) is 24.4 Å². The largest absolute Gasteiger partial charge is 0.409 e. The predicted octanol–water partition coefficient (Wildman–Crippen LogP) is 1.18. The van der Waals surface area contributed by atoms with Crippen LogP contribution in [-0.2, 0) is 4.74 Å². The van der Waals surface area contributed by atoms with Crippen LogP contribution in [0.1, 0.15) is 26.0 Å². The van der Waals surface area contributed by atoms with Crippen molar-refractivity contribution in [2.75, 3.05) is 18.1 Å². The summed E-state index contributed by atoms with van der Waals surface area (Å²) in [6, 6.07) is 4.09. The maximum atomic E-state index is 8.87. The second kappa shape index (κ2) is 5.88. The highest BCUT2D eigenvalue weighted by Crippen LogP contribution is 2.25. The highest BCUT2D eigenvalue weighted by atomic mass is 16.5. The molecule has 1 aliphatic rings. The molecule has 2 unspecified atom stereocenters. The molecule has 1 fully saturated rings. The molecule has 0 aliphatic carbocycles. The topological polar surface area (TPSA) is 84.0 Å². The molecule has 6 nitrogen and oxygen atoms in total. The minimum absolute atomic E-state index is 0.0320. The fourth-order valence-electron chi connectivity index (χ4n) is 2.35. The average molecular weight is 264 g/mol. The van der Waals surface area contributed by atoms with E-state index in [9.17, 15) is 0 Å². The van der Waals surface area contributed by atoms with Crippen molar-refractivity contribution in [3.8, 4) is 0 Å². The van der Waals surface area contributed by atoms with Gasteiger partial charge in [-0.05, 0) is 25.5 Å². The van der Waals surface area contributed by atoms with Crippen LogP contribution >= 0.6 is 0 Å². The van der Waals surface area contributed by atoms with Crippen LogP contribution in [0.15, 0.2) is 23.5 Å². The summed E-state index contributed by atoms with van der Waals surface area (Å²) in [6.45, 7) is 5.62. The molecular formula is C13H20N4O2. The van der Waals surface area contributed by atoms with Crippen molar-refractivity contribution in [3.63, 3.8) is 0 Å². The first kappa shape index (κ1) is 13.6. The number of morpholine rings is 1. The van der Waals surface area contributed by atoms with Crippen LogP contribution in [0.3, 0.4) is 0 Å². The van der Waals surface area contributed by atoms with E-state index in [0.717, 1.165) is 18.7 Å². The third-order valence-electron chi connectivity index (χ3n) is 3.39. The molecule has 0 radical (unpaired) electrons. The van der Waals surface area contributed by atoms with Gasteiger partial charge in [0, 0.05) is 12.7 Å². The number of anilines is 1. The van der Waals surface area contributed by atoms with Crippen molar-refractivity contribution in [1.29, 1.82) is 0 Å². The van der Waals surface area contributed by atoms with Gasteiger partial charge in [-0.3, -0.25) is 4.98 Å². The van der Waals surface area contributed by atoms with Gasteiger partial charge in [0.2, 0.25) is 0 Å². The lowest BCUT2D eigenvalue weighted by Gasteiger charge is -2.40. The van der Waals surface area contributed by atoms with E-state index in [2.05, 4.69) is 22.0 Å². The normalized spacial score (nSPS) is 24.5. The van der Waals surface area contributed by atoms with Gasteiger partial charge in [-0.25, -0.2) is 0 Å². The van der Waals surface area contributed by atoms with Gasteiger partial charge in [-0.1, -0.05) is 12.1 Å². The Morgan fingerprint density at radius 1 is 1.68 bits per heavy atom. The van der Waals surface area contributed by atoms with E-state index in [4.69, 9.17) is 15.7 Å². The summed E-state index contributed by atoms with van der Waals surface area (Å²) in [5.74, 6) is 0.0320. The van der Waals surface area contributed by atoms with Gasteiger partial charge in [0.25, 0.3) is 0 Å². The average Bonchev–Trinajstić information content (AvgIpc) is 2.46. The Hall–Kier alpha value is -1.82. The monoisotopic (exact) mass is 264 g/mol. The van der Waals surface area contributed by atoms with Crippen LogP contribution in [0, 0.1) is 0 Å². The lowest BCUT2D eigenvalue weighted by molar-refractivity contribution is 0.0299. The molecule has 0 bridgehead atoms. The maximum absolute atomic E-state index is 8.87. The van der Waals surface area contributed by atoms with Crippen molar-refractivity contribution in [3.05, 3.63) is 24.0 Å². The molecule has 0 aromatic carbocycles. The molecule has 1 aliphatic heterocycles. The van der Waals surface area contributed by atoms with Crippen molar-refractivity contribution in [2.24, 2.45) is 10.9 Å². The first-order valence-corrected chi connectivity index (χ1v) is 6.48. The minimum atomic E-state index is 0.0320. The van der Waals surface area contributed by atoms with Crippen LogP contribution in [0.5, 0.6) is 0 Å². The fraction of sp³-hybridized carbons (Fsp3) is 0.538. The predicted molar refractivity (Wildman–Crippen MR) is 73.6 cm³/mol. The van der Waals surface area contributed by atoms with Crippen molar-refractivity contribution in [1.82, 2.24) is 4.98 Å². The van der Waals surface area contributed by atoms with Gasteiger partial charge in [-0.2, -0.15) is 0 Å². The van der Waals surface area contributed by atoms with Crippen LogP contribution in [-0.4, -0.2) is 41.3 Å². The quantitative estimate of drug-likeness (QED) is 0.371. The van der Waals surface area contributed by atoms with Crippen LogP contribution in [0.4, 0.5) is 5.69 Å². The third kappa shape index (κ3) is 2.78. The summed E-state index contributed by atoms with van der Waals surface area (Å²) in [7, 11) is 0. The van der Waals surface area contributed by atoms with Crippen LogP contribution in [0.25, 0.3) is 0 Å². The van der Waals surface area contributed by atoms with Crippen LogP contribution in [0.2, 0.25) is 0 Å². The van der Waals surface area contributed by atoms with Gasteiger partial charge >= 0.3 is 0 Å². The summed E-state index contributed by atoms with van der Waals surface area (Å²) < 4.78 is 5.69. The van der Waals surface area contributed by atoms with Crippen molar-refractivity contribution < 1.29 is 9.94 Å². The second-order valence-corrected chi connectivity index (χ2v) is 4.71. The van der Waals surface area contributed by atoms with Gasteiger partial charge < -0.3 is 20.6 Å². The molecule has 104 valence electrons. The fourth-order valence-corrected chi connectivity index (χ4v) is 2.35. The van der Waals surface area contributed by atoms with Crippen LogP contribution < -0.4 is 10.6 Å². The molecule has 2 heterocycles. The number of nitrogens with zero attached hydrogens (tertiary/aromatic N) is 3. The summed E-state index contributed by atoms with van der Waals surface area (Å²) in [4.78, 5) is 6.45. The molecule has 19 heavy (non-hydrogen) atoms. The van der Waals surface area contributed by atoms with E-state index >= 15 is 0 Å². The molecule has 0 saturated carbocycles. The number of aromatic nitrogens is 1. The van der Waals surface area contributed by atoms with E-state index in [0.29, 0.717) is 12.3 Å². The molecule has 3 N–H and O–H groups in total. The highest BCUT2D eigenvalue weighted by Gasteiger charge is 2.28. The van der Waals surface area contributed by atoms with Gasteiger partial charge in [0.1, 0.15) is 5.69 Å². The number of rotatable bonds is 3. The van der Waals surface area contributed by atoms with Crippen molar-refractivity contribution >= 4 is 11.5 Å². The van der Waals surface area contributed by atoms with E-state index in [1.165, 1.54) is 0 Å². The Kier molecular flexibility index (Phi) is 4.21. The Bertz CT molecular complexity index is 464. The molecular weight excluding hydrogens is 244 g/mol. The first-order valence-electron chi connectivity index (χ1n) is 6.48. The summed E-state index contributed by atoms with van der Waals surface area (Å²) >= 11 is 0. The lowest BCUT2D eigenvalue weighted by atomic mass is 10.1. The molecule has 1 aromatic rings. The number of hydrogen-bond donors (Lipinski definition) is 2. The van der Waals surface area contributed by atoms with E-state index in [1.807, 2.05) is 19.1 Å². The molecule has 2 atom stereocenters. The second-order valence-electron chi connectivity index (χ2n) is 4.71. The number of oxime groups is 1. The Morgan fingerprint density at radius 3 is 3.16 bits per heavy atom. The minimum Gasteiger partial charge on any atom is -0.409 e. The van der Waals surface area contributed by atoms with E-state index in [1.54, 1.807) is 6.20 Å². The third-order valence-corrected chi connectivity index (χ3v) is 3.39. The number of nitrogens with two attached hydrogens (primary N) is 1. The zero-order valence-corrected chi connectivity index (χ0v) is 11.3. The van der Waals surface area contributed by atoms with Crippen molar-refractivity contribution in [2.45, 2.75) is 32.4 Å².